The number of H-pyrrole nitrogens is 1. The van der Waals surface area contributed by atoms with Crippen LogP contribution in [-0.2, 0) is 13.6 Å². The third-order valence-electron chi connectivity index (χ3n) is 5.58. The molecule has 10 heteroatoms. The Labute approximate surface area is 184 Å². The maximum absolute atomic E-state index is 12.7. The van der Waals surface area contributed by atoms with Crippen molar-refractivity contribution in [3.8, 4) is 0 Å². The number of hydrogen-bond donors (Lipinski definition) is 1. The van der Waals surface area contributed by atoms with Crippen LogP contribution in [0.4, 0.5) is 5.95 Å². The lowest BCUT2D eigenvalue weighted by Crippen LogP contribution is -2.33. The summed E-state index contributed by atoms with van der Waals surface area (Å²) in [6.45, 7) is 8.55. The van der Waals surface area contributed by atoms with E-state index in [1.807, 2.05) is 24.5 Å². The molecule has 0 amide bonds. The fourth-order valence-electron chi connectivity index (χ4n) is 4.07. The SMILES string of the molecule is Cc1cc(C)nc(SCC(C)Cn2c(N3CCCCC3)nc3c2c(=O)[nH]c(=O)n3C)n1. The molecule has 9 nitrogen and oxygen atoms in total. The van der Waals surface area contributed by atoms with E-state index in [0.717, 1.165) is 54.2 Å². The van der Waals surface area contributed by atoms with Crippen LogP contribution in [0.5, 0.6) is 0 Å². The molecular weight excluding hydrogens is 414 g/mol. The Morgan fingerprint density at radius 2 is 1.77 bits per heavy atom. The van der Waals surface area contributed by atoms with Gasteiger partial charge in [-0.1, -0.05) is 18.7 Å². The van der Waals surface area contributed by atoms with Crippen molar-refractivity contribution in [1.29, 1.82) is 0 Å². The first-order valence-electron chi connectivity index (χ1n) is 10.7. The molecule has 4 rings (SSSR count). The zero-order valence-electron chi connectivity index (χ0n) is 18.5. The minimum atomic E-state index is -0.442. The summed E-state index contributed by atoms with van der Waals surface area (Å²) >= 11 is 1.62. The summed E-state index contributed by atoms with van der Waals surface area (Å²) in [4.78, 5) is 43.3. The van der Waals surface area contributed by atoms with Gasteiger partial charge in [-0.25, -0.2) is 14.8 Å². The molecule has 1 saturated heterocycles. The Bertz CT molecular complexity index is 1190. The van der Waals surface area contributed by atoms with Crippen LogP contribution in [0.2, 0.25) is 0 Å². The summed E-state index contributed by atoms with van der Waals surface area (Å²) < 4.78 is 3.41. The van der Waals surface area contributed by atoms with Gasteiger partial charge in [-0.05, 0) is 45.1 Å². The highest BCUT2D eigenvalue weighted by Gasteiger charge is 2.24. The third-order valence-corrected chi connectivity index (χ3v) is 6.76. The molecule has 166 valence electrons. The maximum Gasteiger partial charge on any atom is 0.329 e. The van der Waals surface area contributed by atoms with Gasteiger partial charge in [0.25, 0.3) is 5.56 Å². The first kappa shape index (κ1) is 21.6. The molecule has 0 saturated carbocycles. The fourth-order valence-corrected chi connectivity index (χ4v) is 5.03. The van der Waals surface area contributed by atoms with E-state index >= 15 is 0 Å². The lowest BCUT2D eigenvalue weighted by atomic mass is 10.1. The van der Waals surface area contributed by atoms with E-state index in [-0.39, 0.29) is 11.5 Å². The van der Waals surface area contributed by atoms with Crippen molar-refractivity contribution in [2.75, 3.05) is 23.7 Å². The van der Waals surface area contributed by atoms with E-state index in [1.54, 1.807) is 18.8 Å². The second-order valence-electron chi connectivity index (χ2n) is 8.41. The second kappa shape index (κ2) is 8.86. The van der Waals surface area contributed by atoms with E-state index in [9.17, 15) is 9.59 Å². The van der Waals surface area contributed by atoms with Crippen LogP contribution in [0.1, 0.15) is 37.6 Å². The molecule has 4 heterocycles. The average Bonchev–Trinajstić information content (AvgIpc) is 3.10. The Hall–Kier alpha value is -2.62. The number of aromatic amines is 1. The third kappa shape index (κ3) is 4.53. The van der Waals surface area contributed by atoms with Gasteiger partial charge in [-0.3, -0.25) is 14.3 Å². The first-order valence-corrected chi connectivity index (χ1v) is 11.7. The molecule has 1 unspecified atom stereocenters. The number of nitrogens with zero attached hydrogens (tertiary/aromatic N) is 6. The van der Waals surface area contributed by atoms with Crippen LogP contribution in [0.3, 0.4) is 0 Å². The number of aromatic nitrogens is 6. The van der Waals surface area contributed by atoms with Gasteiger partial charge < -0.3 is 9.47 Å². The number of rotatable bonds is 6. The largest absolute Gasteiger partial charge is 0.342 e. The molecule has 3 aromatic rings. The van der Waals surface area contributed by atoms with E-state index in [1.165, 1.54) is 11.0 Å². The fraction of sp³-hybridized carbons (Fsp3) is 0.571. The summed E-state index contributed by atoms with van der Waals surface area (Å²) in [5, 5.41) is 0.774. The molecule has 1 N–H and O–H groups in total. The lowest BCUT2D eigenvalue weighted by Gasteiger charge is -2.28. The zero-order chi connectivity index (χ0) is 22.1. The van der Waals surface area contributed by atoms with Crippen LogP contribution in [-0.4, -0.2) is 47.9 Å². The van der Waals surface area contributed by atoms with E-state index in [0.29, 0.717) is 17.7 Å². The summed E-state index contributed by atoms with van der Waals surface area (Å²) in [5.74, 6) is 1.83. The van der Waals surface area contributed by atoms with Gasteiger partial charge in [0.05, 0.1) is 0 Å². The highest BCUT2D eigenvalue weighted by Crippen LogP contribution is 2.26. The van der Waals surface area contributed by atoms with Crippen LogP contribution < -0.4 is 16.1 Å². The van der Waals surface area contributed by atoms with Gasteiger partial charge in [0.2, 0.25) is 5.95 Å². The van der Waals surface area contributed by atoms with E-state index in [4.69, 9.17) is 4.98 Å². The lowest BCUT2D eigenvalue weighted by molar-refractivity contribution is 0.514. The molecule has 0 radical (unpaired) electrons. The molecule has 31 heavy (non-hydrogen) atoms. The minimum absolute atomic E-state index is 0.243. The Morgan fingerprint density at radius 3 is 2.45 bits per heavy atom. The second-order valence-corrected chi connectivity index (χ2v) is 9.40. The highest BCUT2D eigenvalue weighted by molar-refractivity contribution is 7.99. The van der Waals surface area contributed by atoms with Gasteiger partial charge in [0.15, 0.2) is 16.3 Å². The normalized spacial score (nSPS) is 15.5. The van der Waals surface area contributed by atoms with Gasteiger partial charge >= 0.3 is 5.69 Å². The number of fused-ring (bicyclic) bond motifs is 1. The number of thioether (sulfide) groups is 1. The molecule has 1 aliphatic rings. The monoisotopic (exact) mass is 443 g/mol. The number of aryl methyl sites for hydroxylation is 3. The average molecular weight is 444 g/mol. The van der Waals surface area contributed by atoms with Crippen molar-refractivity contribution in [3.63, 3.8) is 0 Å². The van der Waals surface area contributed by atoms with Crippen LogP contribution >= 0.6 is 11.8 Å². The quantitative estimate of drug-likeness (QED) is 0.460. The smallest absolute Gasteiger partial charge is 0.329 e. The number of hydrogen-bond acceptors (Lipinski definition) is 7. The summed E-state index contributed by atoms with van der Waals surface area (Å²) in [6, 6.07) is 1.96. The molecule has 0 bridgehead atoms. The maximum atomic E-state index is 12.7. The molecule has 1 aliphatic heterocycles. The molecule has 0 aromatic carbocycles. The van der Waals surface area contributed by atoms with Gasteiger partial charge in [-0.2, -0.15) is 4.98 Å². The first-order chi connectivity index (χ1) is 14.8. The summed E-state index contributed by atoms with van der Waals surface area (Å²) in [7, 11) is 1.65. The molecule has 3 aromatic heterocycles. The van der Waals surface area contributed by atoms with Crippen LogP contribution in [0.25, 0.3) is 11.2 Å². The molecular formula is C21H29N7O2S. The van der Waals surface area contributed by atoms with Gasteiger partial charge in [0, 0.05) is 43.8 Å². The van der Waals surface area contributed by atoms with Crippen LogP contribution in [0.15, 0.2) is 20.8 Å². The number of imidazole rings is 1. The van der Waals surface area contributed by atoms with Gasteiger partial charge in [0.1, 0.15) is 0 Å². The van der Waals surface area contributed by atoms with Crippen molar-refractivity contribution < 1.29 is 0 Å². The predicted molar refractivity (Wildman–Crippen MR) is 123 cm³/mol. The molecule has 0 spiro atoms. The number of anilines is 1. The zero-order valence-corrected chi connectivity index (χ0v) is 19.3. The molecule has 1 fully saturated rings. The van der Waals surface area contributed by atoms with Gasteiger partial charge in [-0.15, -0.1) is 0 Å². The number of piperidine rings is 1. The predicted octanol–water partition coefficient (Wildman–Crippen LogP) is 2.25. The van der Waals surface area contributed by atoms with E-state index in [2.05, 4.69) is 26.8 Å². The molecule has 0 aliphatic carbocycles. The van der Waals surface area contributed by atoms with Crippen molar-refractivity contribution >= 4 is 28.9 Å². The Morgan fingerprint density at radius 1 is 1.10 bits per heavy atom. The topological polar surface area (TPSA) is 102 Å². The summed E-state index contributed by atoms with van der Waals surface area (Å²) in [5.41, 5.74) is 1.99. The Kier molecular flexibility index (Phi) is 6.17. The van der Waals surface area contributed by atoms with Crippen molar-refractivity contribution in [1.82, 2.24) is 29.1 Å². The Balaban J connectivity index is 1.65. The standard InChI is InChI=1S/C21H29N7O2S/c1-13(12-31-19-22-14(2)10-15(3)23-19)11-28-16-17(26(4)21(30)25-18(16)29)24-20(28)27-8-6-5-7-9-27/h10,13H,5-9,11-12H2,1-4H3,(H,25,29,30). The van der Waals surface area contributed by atoms with E-state index < -0.39 is 5.69 Å². The molecule has 1 atom stereocenters. The minimum Gasteiger partial charge on any atom is -0.342 e. The summed E-state index contributed by atoms with van der Waals surface area (Å²) in [6.07, 6.45) is 3.42. The van der Waals surface area contributed by atoms with Crippen molar-refractivity contribution in [2.45, 2.75) is 51.7 Å². The van der Waals surface area contributed by atoms with Crippen molar-refractivity contribution in [2.24, 2.45) is 13.0 Å². The number of nitrogens with one attached hydrogen (secondary N) is 1. The van der Waals surface area contributed by atoms with Crippen molar-refractivity contribution in [3.05, 3.63) is 38.3 Å². The highest BCUT2D eigenvalue weighted by atomic mass is 32.2. The van der Waals surface area contributed by atoms with Crippen LogP contribution in [0, 0.1) is 19.8 Å².